The van der Waals surface area contributed by atoms with Crippen molar-refractivity contribution in [2.45, 2.75) is 19.1 Å². The number of aromatic hydroxyl groups is 1. The molecule has 0 aliphatic carbocycles. The third-order valence-electron chi connectivity index (χ3n) is 9.23. The molecule has 0 saturated heterocycles. The summed E-state index contributed by atoms with van der Waals surface area (Å²) in [5.41, 5.74) is 6.02. The second-order valence-electron chi connectivity index (χ2n) is 13.4. The molecule has 0 radical (unpaired) electrons. The third kappa shape index (κ3) is 11.3. The number of anilines is 4. The summed E-state index contributed by atoms with van der Waals surface area (Å²) in [5, 5.41) is 52.1. The van der Waals surface area contributed by atoms with Gasteiger partial charge in [-0.3, -0.25) is 28.8 Å². The predicted octanol–water partition coefficient (Wildman–Crippen LogP) is 2.90. The van der Waals surface area contributed by atoms with E-state index >= 15 is 0 Å². The zero-order valence-electron chi connectivity index (χ0n) is 34.1. The number of methoxy groups -OCH3 is 2. The van der Waals surface area contributed by atoms with Crippen molar-refractivity contribution in [3.05, 3.63) is 136 Å². The highest BCUT2D eigenvalue weighted by Gasteiger charge is 2.34. The molecule has 3 unspecified atom stereocenters. The van der Waals surface area contributed by atoms with Crippen molar-refractivity contribution in [3.63, 3.8) is 0 Å². The Morgan fingerprint density at radius 2 is 1.20 bits per heavy atom. The number of phenolic OH excluding ortho intramolecular Hbond substituents is 1. The lowest BCUT2D eigenvalue weighted by Gasteiger charge is -2.24. The van der Waals surface area contributed by atoms with Crippen LogP contribution in [-0.2, 0) is 14.3 Å². The lowest BCUT2D eigenvalue weighted by molar-refractivity contribution is -0.991. The van der Waals surface area contributed by atoms with Crippen LogP contribution in [0.25, 0.3) is 0 Å². The standard InChI is InChI=1S/C43H41N7O14/c1-4-64-35-31(20-18-29(34(35)51)41(56)47-30-19-11-25(43(58)59)21-32(30)62-2)48-39(54)22-5-14-27(15-6-22)46-42(57)33(36(63-3)37(44)52)49-40(55)23-7-12-26(13-8-23)45-38(53)24-9-16-28(17-10-24)50(60)61/h5-21,33,36,50-51,60H,4H2,1-3H3,(H2,44,52)(H,45,53)(H,46,57)(H,47,56)(H,48,54)(H,49,55)(H,58,59). The molecule has 5 aromatic carbocycles. The van der Waals surface area contributed by atoms with Crippen LogP contribution >= 0.6 is 0 Å². The van der Waals surface area contributed by atoms with Gasteiger partial charge in [-0.05, 0) is 97.9 Å². The minimum Gasteiger partial charge on any atom is -0.595 e. The van der Waals surface area contributed by atoms with Crippen molar-refractivity contribution in [1.29, 1.82) is 0 Å². The Bertz CT molecular complexity index is 2570. The Labute approximate surface area is 363 Å². The van der Waals surface area contributed by atoms with Crippen molar-refractivity contribution in [2.24, 2.45) is 5.73 Å². The normalized spacial score (nSPS) is 12.1. The number of amides is 6. The molecule has 332 valence electrons. The van der Waals surface area contributed by atoms with Crippen molar-refractivity contribution in [3.8, 4) is 17.2 Å². The van der Waals surface area contributed by atoms with Crippen molar-refractivity contribution < 1.29 is 68.4 Å². The number of ether oxygens (including phenoxy) is 3. The molecule has 5 aromatic rings. The number of hydrogen-bond acceptors (Lipinski definition) is 13. The summed E-state index contributed by atoms with van der Waals surface area (Å²) in [4.78, 5) is 89.6. The number of hydrogen-bond donors (Lipinski definition) is 10. The predicted molar refractivity (Wildman–Crippen MR) is 228 cm³/mol. The highest BCUT2D eigenvalue weighted by Crippen LogP contribution is 2.39. The van der Waals surface area contributed by atoms with E-state index in [9.17, 15) is 49.0 Å². The number of nitrogens with one attached hydrogen (secondary N) is 6. The molecule has 0 fully saturated rings. The maximum Gasteiger partial charge on any atom is 0.335 e. The molecule has 0 spiro atoms. The fraction of sp³-hybridized carbons (Fsp3) is 0.140. The van der Waals surface area contributed by atoms with E-state index < -0.39 is 64.5 Å². The molecule has 0 saturated carbocycles. The highest BCUT2D eigenvalue weighted by atomic mass is 16.8. The summed E-state index contributed by atoms with van der Waals surface area (Å²) >= 11 is 0. The van der Waals surface area contributed by atoms with Gasteiger partial charge in [0.2, 0.25) is 11.8 Å². The van der Waals surface area contributed by atoms with Gasteiger partial charge in [-0.25, -0.2) is 10.0 Å². The largest absolute Gasteiger partial charge is 0.595 e. The summed E-state index contributed by atoms with van der Waals surface area (Å²) < 4.78 is 15.9. The van der Waals surface area contributed by atoms with Gasteiger partial charge in [0.25, 0.3) is 23.6 Å². The molecule has 64 heavy (non-hydrogen) atoms. The number of rotatable bonds is 18. The Kier molecular flexibility index (Phi) is 15.3. The van der Waals surface area contributed by atoms with E-state index in [1.807, 2.05) is 0 Å². The van der Waals surface area contributed by atoms with Crippen LogP contribution in [0.1, 0.15) is 58.7 Å². The second-order valence-corrected chi connectivity index (χ2v) is 13.4. The zero-order valence-corrected chi connectivity index (χ0v) is 34.1. The van der Waals surface area contributed by atoms with Crippen LogP contribution in [0.2, 0.25) is 0 Å². The van der Waals surface area contributed by atoms with Gasteiger partial charge < -0.3 is 61.9 Å². The van der Waals surface area contributed by atoms with Gasteiger partial charge in [-0.2, -0.15) is 5.23 Å². The van der Waals surface area contributed by atoms with Crippen molar-refractivity contribution in [2.75, 3.05) is 42.1 Å². The number of primary amides is 1. The van der Waals surface area contributed by atoms with Gasteiger partial charge in [0, 0.05) is 47.3 Å². The van der Waals surface area contributed by atoms with Crippen LogP contribution < -0.4 is 47.0 Å². The number of phenols is 1. The summed E-state index contributed by atoms with van der Waals surface area (Å²) in [6, 6.07) is 20.9. The Morgan fingerprint density at radius 3 is 1.73 bits per heavy atom. The molecule has 5 rings (SSSR count). The topological polar surface area (TPSA) is 322 Å². The SMILES string of the molecule is CCOc1c(NC(=O)c2ccc(NC(=O)C(NC(=O)c3ccc(NC(=O)c4ccc([NH+]([O-])O)cc4)cc3)C(OC)C(N)=O)cc2)ccc(C(=O)Nc2ccc(C(=O)O)cc2OC)c1O. The van der Waals surface area contributed by atoms with E-state index in [-0.39, 0.29) is 68.7 Å². The Hall–Kier alpha value is -8.37. The van der Waals surface area contributed by atoms with E-state index in [1.165, 1.54) is 110 Å². The van der Waals surface area contributed by atoms with Crippen molar-refractivity contribution in [1.82, 2.24) is 5.32 Å². The summed E-state index contributed by atoms with van der Waals surface area (Å²) in [6.07, 6.45) is -1.62. The van der Waals surface area contributed by atoms with E-state index in [1.54, 1.807) is 6.92 Å². The number of carbonyl (C=O) groups is 7. The molecule has 0 aliphatic heterocycles. The summed E-state index contributed by atoms with van der Waals surface area (Å²) in [6.45, 7) is 1.65. The zero-order chi connectivity index (χ0) is 46.7. The molecule has 0 bridgehead atoms. The summed E-state index contributed by atoms with van der Waals surface area (Å²) in [5.74, 6) is -6.78. The molecule has 0 aliphatic rings. The number of aromatic carboxylic acids is 1. The molecule has 0 aromatic heterocycles. The van der Waals surface area contributed by atoms with Crippen LogP contribution in [0, 0.1) is 5.21 Å². The van der Waals surface area contributed by atoms with E-state index in [0.29, 0.717) is 5.69 Å². The average Bonchev–Trinajstić information content (AvgIpc) is 3.27. The van der Waals surface area contributed by atoms with Crippen LogP contribution in [0.5, 0.6) is 17.2 Å². The number of quaternary nitrogens is 1. The van der Waals surface area contributed by atoms with Gasteiger partial charge in [-0.15, -0.1) is 0 Å². The third-order valence-corrected chi connectivity index (χ3v) is 9.23. The van der Waals surface area contributed by atoms with Crippen molar-refractivity contribution >= 4 is 69.8 Å². The van der Waals surface area contributed by atoms with E-state index in [4.69, 9.17) is 25.2 Å². The first kappa shape index (κ1) is 46.7. The fourth-order valence-electron chi connectivity index (χ4n) is 5.97. The minimum atomic E-state index is -1.65. The summed E-state index contributed by atoms with van der Waals surface area (Å²) in [7, 11) is 2.40. The molecule has 0 heterocycles. The first-order chi connectivity index (χ1) is 30.5. The van der Waals surface area contributed by atoms with Gasteiger partial charge in [-0.1, -0.05) is 0 Å². The van der Waals surface area contributed by atoms with E-state index in [0.717, 1.165) is 7.11 Å². The number of carboxylic acid groups (broad SMARTS) is 1. The van der Waals surface area contributed by atoms with Gasteiger partial charge >= 0.3 is 5.97 Å². The van der Waals surface area contributed by atoms with Gasteiger partial charge in [0.1, 0.15) is 11.8 Å². The lowest BCUT2D eigenvalue weighted by atomic mass is 10.1. The van der Waals surface area contributed by atoms with Gasteiger partial charge in [0.05, 0.1) is 36.2 Å². The molecular weight excluding hydrogens is 839 g/mol. The first-order valence-electron chi connectivity index (χ1n) is 18.9. The van der Waals surface area contributed by atoms with Gasteiger partial charge in [0.15, 0.2) is 23.3 Å². The second kappa shape index (κ2) is 20.9. The first-order valence-corrected chi connectivity index (χ1v) is 18.9. The fourth-order valence-corrected chi connectivity index (χ4v) is 5.97. The monoisotopic (exact) mass is 879 g/mol. The molecule has 6 amide bonds. The maximum atomic E-state index is 13.5. The van der Waals surface area contributed by atoms with E-state index in [2.05, 4.69) is 26.6 Å². The maximum absolute atomic E-state index is 13.5. The molecule has 21 nitrogen and oxygen atoms in total. The Morgan fingerprint density at radius 1 is 0.688 bits per heavy atom. The Balaban J connectivity index is 1.24. The average molecular weight is 880 g/mol. The quantitative estimate of drug-likeness (QED) is 0.0566. The number of benzene rings is 5. The van der Waals surface area contributed by atoms with Crippen LogP contribution in [0.15, 0.2) is 103 Å². The lowest BCUT2D eigenvalue weighted by Crippen LogP contribution is -2.99. The minimum absolute atomic E-state index is 0.00140. The van der Waals surface area contributed by atoms with Crippen LogP contribution in [-0.4, -0.2) is 89.8 Å². The van der Waals surface area contributed by atoms with Crippen LogP contribution in [0.4, 0.5) is 28.4 Å². The number of nitrogens with two attached hydrogens (primary N) is 1. The molecular formula is C43H41N7O14. The number of carbonyl (C=O) groups excluding carboxylic acids is 6. The number of carboxylic acids is 1. The highest BCUT2D eigenvalue weighted by molar-refractivity contribution is 6.10. The smallest absolute Gasteiger partial charge is 0.335 e. The van der Waals surface area contributed by atoms with Crippen LogP contribution in [0.3, 0.4) is 0 Å². The molecule has 3 atom stereocenters. The molecule has 11 N–H and O–H groups in total. The molecule has 21 heteroatoms.